The van der Waals surface area contributed by atoms with Gasteiger partial charge in [0, 0.05) is 25.3 Å². The highest BCUT2D eigenvalue weighted by Crippen LogP contribution is 2.33. The Balaban J connectivity index is 1.61. The van der Waals surface area contributed by atoms with Crippen molar-refractivity contribution in [2.75, 3.05) is 32.3 Å². The number of sulfonamides is 1. The lowest BCUT2D eigenvalue weighted by Gasteiger charge is -2.26. The highest BCUT2D eigenvalue weighted by atomic mass is 32.2. The molecular weight excluding hydrogens is 418 g/mol. The summed E-state index contributed by atoms with van der Waals surface area (Å²) in [6.45, 7) is 4.04. The van der Waals surface area contributed by atoms with Gasteiger partial charge in [0.05, 0.1) is 37.2 Å². The number of benzene rings is 1. The first-order valence-corrected chi connectivity index (χ1v) is 11.9. The molecule has 0 spiro atoms. The van der Waals surface area contributed by atoms with E-state index in [1.54, 1.807) is 31.1 Å². The average Bonchev–Trinajstić information content (AvgIpc) is 3.08. The molecule has 1 atom stereocenters. The third-order valence-corrected chi connectivity index (χ3v) is 6.04. The number of likely N-dealkylation sites (N-methyl/N-ethyl adjacent to an activating group) is 1. The Morgan fingerprint density at radius 2 is 2.06 bits per heavy atom. The summed E-state index contributed by atoms with van der Waals surface area (Å²) < 4.78 is 32.8. The fourth-order valence-corrected chi connectivity index (χ4v) is 4.64. The zero-order valence-electron chi connectivity index (χ0n) is 18.1. The van der Waals surface area contributed by atoms with Crippen LogP contribution in [0.4, 0.5) is 11.6 Å². The number of ether oxygens (including phenoxy) is 1. The van der Waals surface area contributed by atoms with Crippen molar-refractivity contribution in [2.45, 2.75) is 32.5 Å². The molecule has 2 aromatic heterocycles. The van der Waals surface area contributed by atoms with Crippen molar-refractivity contribution < 1.29 is 13.2 Å². The van der Waals surface area contributed by atoms with E-state index >= 15 is 0 Å². The van der Waals surface area contributed by atoms with E-state index in [0.29, 0.717) is 18.1 Å². The van der Waals surface area contributed by atoms with Crippen LogP contribution >= 0.6 is 0 Å². The lowest BCUT2D eigenvalue weighted by atomic mass is 9.99. The molecule has 31 heavy (non-hydrogen) atoms. The SMILES string of the molecule is COc1cc2c(cc1Nc1ncc3cnn(C[C@H](C)NS(C)(=O)=O)c3n1)CN(C)CC2. The van der Waals surface area contributed by atoms with Crippen LogP contribution in [0.5, 0.6) is 5.75 Å². The topological polar surface area (TPSA) is 114 Å². The number of methoxy groups -OCH3 is 1. The summed E-state index contributed by atoms with van der Waals surface area (Å²) in [5.41, 5.74) is 3.97. The molecule has 166 valence electrons. The molecule has 0 saturated heterocycles. The first-order chi connectivity index (χ1) is 14.7. The van der Waals surface area contributed by atoms with E-state index in [1.165, 1.54) is 11.1 Å². The van der Waals surface area contributed by atoms with E-state index in [2.05, 4.69) is 49.2 Å². The van der Waals surface area contributed by atoms with Gasteiger partial charge >= 0.3 is 0 Å². The van der Waals surface area contributed by atoms with Crippen molar-refractivity contribution in [1.29, 1.82) is 0 Å². The Hall–Kier alpha value is -2.76. The fourth-order valence-electron chi connectivity index (χ4n) is 3.84. The van der Waals surface area contributed by atoms with Gasteiger partial charge in [0.2, 0.25) is 16.0 Å². The Kier molecular flexibility index (Phi) is 5.82. The number of fused-ring (bicyclic) bond motifs is 2. The second kappa shape index (κ2) is 8.40. The van der Waals surface area contributed by atoms with Crippen LogP contribution in [0.2, 0.25) is 0 Å². The van der Waals surface area contributed by atoms with Gasteiger partial charge < -0.3 is 15.0 Å². The van der Waals surface area contributed by atoms with Crippen LogP contribution in [0.15, 0.2) is 24.5 Å². The standard InChI is InChI=1S/C20H27N7O3S/c1-13(25-31(4,28)29)11-27-19-16(10-22-27)9-21-20(24-19)23-17-7-15-12-26(2)6-5-14(15)8-18(17)30-3/h7-10,13,25H,5-6,11-12H2,1-4H3,(H,21,23,24)/t13-/m0/s1. The lowest BCUT2D eigenvalue weighted by molar-refractivity contribution is 0.312. The second-order valence-corrected chi connectivity index (χ2v) is 9.80. The molecule has 1 aliphatic rings. The van der Waals surface area contributed by atoms with Crippen LogP contribution in [-0.2, 0) is 29.5 Å². The quantitative estimate of drug-likeness (QED) is 0.562. The molecule has 2 N–H and O–H groups in total. The molecule has 0 fully saturated rings. The third kappa shape index (κ3) is 4.94. The fraction of sp³-hybridized carbons (Fsp3) is 0.450. The largest absolute Gasteiger partial charge is 0.495 e. The van der Waals surface area contributed by atoms with Crippen molar-refractivity contribution in [3.8, 4) is 5.75 Å². The van der Waals surface area contributed by atoms with Crippen molar-refractivity contribution >= 4 is 32.7 Å². The molecule has 11 heteroatoms. The number of anilines is 2. The summed E-state index contributed by atoms with van der Waals surface area (Å²) in [4.78, 5) is 11.3. The minimum absolute atomic E-state index is 0.331. The number of nitrogens with zero attached hydrogens (tertiary/aromatic N) is 5. The zero-order valence-corrected chi connectivity index (χ0v) is 18.9. The minimum atomic E-state index is -3.30. The summed E-state index contributed by atoms with van der Waals surface area (Å²) in [5, 5.41) is 8.38. The number of hydrogen-bond acceptors (Lipinski definition) is 8. The van der Waals surface area contributed by atoms with Gasteiger partial charge in [0.25, 0.3) is 0 Å². The summed E-state index contributed by atoms with van der Waals surface area (Å²) >= 11 is 0. The number of aromatic nitrogens is 4. The van der Waals surface area contributed by atoms with Gasteiger partial charge in [-0.3, -0.25) is 0 Å². The van der Waals surface area contributed by atoms with E-state index in [1.807, 2.05) is 0 Å². The van der Waals surface area contributed by atoms with Crippen molar-refractivity contribution in [3.05, 3.63) is 35.7 Å². The molecule has 0 radical (unpaired) electrons. The molecule has 0 saturated carbocycles. The Morgan fingerprint density at radius 3 is 2.81 bits per heavy atom. The van der Waals surface area contributed by atoms with Crippen LogP contribution in [-0.4, -0.2) is 66.1 Å². The van der Waals surface area contributed by atoms with Crippen molar-refractivity contribution in [3.63, 3.8) is 0 Å². The second-order valence-electron chi connectivity index (χ2n) is 8.02. The number of hydrogen-bond donors (Lipinski definition) is 2. The Morgan fingerprint density at radius 1 is 1.26 bits per heavy atom. The summed E-state index contributed by atoms with van der Waals surface area (Å²) in [5.74, 6) is 1.16. The van der Waals surface area contributed by atoms with Gasteiger partial charge in [-0.2, -0.15) is 10.1 Å². The van der Waals surface area contributed by atoms with Gasteiger partial charge in [0.1, 0.15) is 5.75 Å². The number of rotatable bonds is 7. The maximum absolute atomic E-state index is 11.5. The summed E-state index contributed by atoms with van der Waals surface area (Å²) in [6, 6.07) is 3.83. The average molecular weight is 446 g/mol. The molecule has 10 nitrogen and oxygen atoms in total. The summed E-state index contributed by atoms with van der Waals surface area (Å²) in [6.07, 6.45) is 5.49. The van der Waals surface area contributed by atoms with Gasteiger partial charge in [-0.1, -0.05) is 0 Å². The minimum Gasteiger partial charge on any atom is -0.495 e. The van der Waals surface area contributed by atoms with Gasteiger partial charge in [0.15, 0.2) is 5.65 Å². The van der Waals surface area contributed by atoms with Crippen LogP contribution in [0.1, 0.15) is 18.1 Å². The van der Waals surface area contributed by atoms with Crippen LogP contribution in [0.25, 0.3) is 11.0 Å². The van der Waals surface area contributed by atoms with Crippen molar-refractivity contribution in [1.82, 2.24) is 29.4 Å². The highest BCUT2D eigenvalue weighted by Gasteiger charge is 2.18. The van der Waals surface area contributed by atoms with Crippen LogP contribution in [0.3, 0.4) is 0 Å². The van der Waals surface area contributed by atoms with E-state index in [-0.39, 0.29) is 6.04 Å². The number of nitrogens with one attached hydrogen (secondary N) is 2. The smallest absolute Gasteiger partial charge is 0.229 e. The van der Waals surface area contributed by atoms with E-state index in [4.69, 9.17) is 4.74 Å². The van der Waals surface area contributed by atoms with Crippen LogP contribution < -0.4 is 14.8 Å². The molecule has 3 heterocycles. The maximum Gasteiger partial charge on any atom is 0.229 e. The predicted molar refractivity (Wildman–Crippen MR) is 119 cm³/mol. The van der Waals surface area contributed by atoms with Crippen molar-refractivity contribution in [2.24, 2.45) is 0 Å². The maximum atomic E-state index is 11.5. The molecule has 0 amide bonds. The van der Waals surface area contributed by atoms with Gasteiger partial charge in [-0.15, -0.1) is 0 Å². The summed E-state index contributed by atoms with van der Waals surface area (Å²) in [7, 11) is 0.458. The van der Waals surface area contributed by atoms with E-state index in [9.17, 15) is 8.42 Å². The molecule has 1 aromatic carbocycles. The van der Waals surface area contributed by atoms with Crippen LogP contribution in [0, 0.1) is 0 Å². The van der Waals surface area contributed by atoms with Gasteiger partial charge in [-0.25, -0.2) is 22.8 Å². The monoisotopic (exact) mass is 445 g/mol. The molecule has 1 aliphatic heterocycles. The highest BCUT2D eigenvalue weighted by molar-refractivity contribution is 7.88. The Bertz CT molecular complexity index is 1210. The van der Waals surface area contributed by atoms with E-state index < -0.39 is 10.0 Å². The predicted octanol–water partition coefficient (Wildman–Crippen LogP) is 1.50. The molecule has 0 bridgehead atoms. The Labute approximate surface area is 181 Å². The lowest BCUT2D eigenvalue weighted by Crippen LogP contribution is -2.35. The van der Waals surface area contributed by atoms with Gasteiger partial charge in [-0.05, 0) is 43.7 Å². The zero-order chi connectivity index (χ0) is 22.2. The normalized spacial score (nSPS) is 15.6. The first kappa shape index (κ1) is 21.5. The molecule has 3 aromatic rings. The molecular formula is C20H27N7O3S. The third-order valence-electron chi connectivity index (χ3n) is 5.21. The first-order valence-electron chi connectivity index (χ1n) is 10.0. The molecule has 0 aliphatic carbocycles. The molecule has 0 unspecified atom stereocenters. The molecule has 4 rings (SSSR count). The van der Waals surface area contributed by atoms with E-state index in [0.717, 1.165) is 42.6 Å².